The maximum absolute atomic E-state index is 13.5. The number of carbonyl (C=O) groups excluding carboxylic acids is 1. The Morgan fingerprint density at radius 2 is 2.10 bits per heavy atom. The number of fused-ring (bicyclic) bond motifs is 2. The van der Waals surface area contributed by atoms with E-state index in [9.17, 15) is 10.1 Å². The molecule has 3 aliphatic rings. The highest BCUT2D eigenvalue weighted by molar-refractivity contribution is 6.07. The van der Waals surface area contributed by atoms with Crippen molar-refractivity contribution in [2.24, 2.45) is 10.7 Å². The van der Waals surface area contributed by atoms with Crippen molar-refractivity contribution in [3.63, 3.8) is 0 Å². The fraction of sp³-hybridized carbons (Fsp3) is 0.375. The van der Waals surface area contributed by atoms with Crippen molar-refractivity contribution in [1.29, 1.82) is 5.26 Å². The summed E-state index contributed by atoms with van der Waals surface area (Å²) in [5.74, 6) is 0.687. The molecule has 1 fully saturated rings. The number of benzene rings is 2. The van der Waals surface area contributed by atoms with Gasteiger partial charge in [-0.3, -0.25) is 9.69 Å². The minimum atomic E-state index is -1.14. The van der Waals surface area contributed by atoms with Crippen LogP contribution in [0.5, 0.6) is 5.75 Å². The number of aryl methyl sites for hydroxylation is 1. The highest BCUT2D eigenvalue weighted by Crippen LogP contribution is 2.52. The molecule has 0 bridgehead atoms. The number of rotatable bonds is 1. The molecule has 0 aromatic heterocycles. The Morgan fingerprint density at radius 1 is 1.26 bits per heavy atom. The Balaban J connectivity index is 1.70. The summed E-state index contributed by atoms with van der Waals surface area (Å²) in [5, 5.41) is 9.33. The fourth-order valence-electron chi connectivity index (χ4n) is 4.98. The van der Waals surface area contributed by atoms with Gasteiger partial charge in [0, 0.05) is 25.6 Å². The van der Waals surface area contributed by atoms with Crippen LogP contribution in [-0.2, 0) is 15.1 Å². The highest BCUT2D eigenvalue weighted by atomic mass is 16.5. The zero-order valence-corrected chi connectivity index (χ0v) is 17.6. The number of amides is 1. The molecule has 1 saturated heterocycles. The number of carbonyl (C=O) groups is 1. The van der Waals surface area contributed by atoms with E-state index in [1.165, 1.54) is 4.90 Å². The van der Waals surface area contributed by atoms with Crippen molar-refractivity contribution in [3.05, 3.63) is 53.1 Å². The average Bonchev–Trinajstić information content (AvgIpc) is 2.98. The summed E-state index contributed by atoms with van der Waals surface area (Å²) in [6.45, 7) is 3.12. The second-order valence-corrected chi connectivity index (χ2v) is 8.66. The summed E-state index contributed by atoms with van der Waals surface area (Å²) in [5.41, 5.74) is 8.55. The van der Waals surface area contributed by atoms with Gasteiger partial charge >= 0.3 is 0 Å². The van der Waals surface area contributed by atoms with Gasteiger partial charge in [-0.25, -0.2) is 4.99 Å². The Bertz CT molecular complexity index is 1160. The third-order valence-electron chi connectivity index (χ3n) is 6.60. The van der Waals surface area contributed by atoms with Crippen molar-refractivity contribution in [2.75, 3.05) is 20.3 Å². The molecule has 3 aliphatic heterocycles. The van der Waals surface area contributed by atoms with Crippen LogP contribution in [0.2, 0.25) is 0 Å². The first-order valence-electron chi connectivity index (χ1n) is 10.4. The predicted octanol–water partition coefficient (Wildman–Crippen LogP) is 2.85. The number of hydrogen-bond donors (Lipinski definition) is 1. The highest BCUT2D eigenvalue weighted by Gasteiger charge is 2.58. The SMILES string of the molecule is Cc1ccc(C#N)cc1-c1ccc2c(c1)[C@]1(C[C@]3(CCCOC3)O2)N=C(N)N(C)C1=O. The average molecular weight is 416 g/mol. The van der Waals surface area contributed by atoms with Gasteiger partial charge in [0.15, 0.2) is 11.5 Å². The number of likely N-dealkylation sites (N-methyl/N-ethyl adjacent to an activating group) is 1. The summed E-state index contributed by atoms with van der Waals surface area (Å²) in [7, 11) is 1.65. The van der Waals surface area contributed by atoms with Gasteiger partial charge in [0.05, 0.1) is 18.2 Å². The second-order valence-electron chi connectivity index (χ2n) is 8.66. The first-order chi connectivity index (χ1) is 14.9. The van der Waals surface area contributed by atoms with Gasteiger partial charge in [0.1, 0.15) is 11.4 Å². The van der Waals surface area contributed by atoms with Crippen LogP contribution in [0.4, 0.5) is 0 Å². The monoisotopic (exact) mass is 416 g/mol. The minimum Gasteiger partial charge on any atom is -0.484 e. The fourth-order valence-corrected chi connectivity index (χ4v) is 4.98. The smallest absolute Gasteiger partial charge is 0.261 e. The summed E-state index contributed by atoms with van der Waals surface area (Å²) in [6.07, 6.45) is 2.05. The van der Waals surface area contributed by atoms with Crippen molar-refractivity contribution in [1.82, 2.24) is 4.90 Å². The molecule has 1 amide bonds. The van der Waals surface area contributed by atoms with Crippen LogP contribution in [-0.4, -0.2) is 42.6 Å². The molecular formula is C24H24N4O3. The number of guanidine groups is 1. The summed E-state index contributed by atoms with van der Waals surface area (Å²) < 4.78 is 12.2. The third kappa shape index (κ3) is 2.90. The quantitative estimate of drug-likeness (QED) is 0.770. The Kier molecular flexibility index (Phi) is 4.31. The molecule has 0 aliphatic carbocycles. The molecule has 2 aromatic carbocycles. The number of aliphatic imine (C=N–C) groups is 1. The maximum atomic E-state index is 13.5. The van der Waals surface area contributed by atoms with E-state index in [0.717, 1.165) is 29.5 Å². The molecule has 7 nitrogen and oxygen atoms in total. The molecule has 2 N–H and O–H groups in total. The molecule has 0 saturated carbocycles. The zero-order valence-electron chi connectivity index (χ0n) is 17.6. The number of nitrogens with zero attached hydrogens (tertiary/aromatic N) is 3. The van der Waals surface area contributed by atoms with Crippen molar-refractivity contribution in [2.45, 2.75) is 37.3 Å². The molecule has 3 heterocycles. The van der Waals surface area contributed by atoms with E-state index < -0.39 is 11.1 Å². The maximum Gasteiger partial charge on any atom is 0.261 e. The van der Waals surface area contributed by atoms with E-state index in [2.05, 4.69) is 6.07 Å². The van der Waals surface area contributed by atoms with E-state index in [0.29, 0.717) is 36.5 Å². The van der Waals surface area contributed by atoms with Gasteiger partial charge in [0.2, 0.25) is 0 Å². The lowest BCUT2D eigenvalue weighted by Crippen LogP contribution is -2.55. The molecular weight excluding hydrogens is 392 g/mol. The normalized spacial score (nSPS) is 27.1. The van der Waals surface area contributed by atoms with E-state index in [4.69, 9.17) is 20.2 Å². The van der Waals surface area contributed by atoms with E-state index in [-0.39, 0.29) is 11.9 Å². The Hall–Kier alpha value is -3.37. The third-order valence-corrected chi connectivity index (χ3v) is 6.60. The van der Waals surface area contributed by atoms with E-state index in [1.54, 1.807) is 13.1 Å². The second kappa shape index (κ2) is 6.82. The lowest BCUT2D eigenvalue weighted by atomic mass is 9.73. The Labute approximate surface area is 181 Å². The van der Waals surface area contributed by atoms with E-state index >= 15 is 0 Å². The number of ether oxygens (including phenoxy) is 2. The molecule has 7 heteroatoms. The van der Waals surface area contributed by atoms with Crippen molar-refractivity contribution < 1.29 is 14.3 Å². The summed E-state index contributed by atoms with van der Waals surface area (Å²) in [6, 6.07) is 13.6. The minimum absolute atomic E-state index is 0.154. The van der Waals surface area contributed by atoms with Gasteiger partial charge < -0.3 is 15.2 Å². The van der Waals surface area contributed by atoms with Crippen LogP contribution < -0.4 is 10.5 Å². The first-order valence-corrected chi connectivity index (χ1v) is 10.4. The van der Waals surface area contributed by atoms with Crippen molar-refractivity contribution >= 4 is 11.9 Å². The molecule has 2 atom stereocenters. The van der Waals surface area contributed by atoms with Gasteiger partial charge in [-0.15, -0.1) is 0 Å². The van der Waals surface area contributed by atoms with Crippen LogP contribution in [0.1, 0.15) is 36.0 Å². The zero-order chi connectivity index (χ0) is 21.8. The van der Waals surface area contributed by atoms with Crippen LogP contribution in [0, 0.1) is 18.3 Å². The summed E-state index contributed by atoms with van der Waals surface area (Å²) in [4.78, 5) is 19.6. The van der Waals surface area contributed by atoms with Crippen molar-refractivity contribution in [3.8, 4) is 22.9 Å². The number of nitriles is 1. The lowest BCUT2D eigenvalue weighted by Gasteiger charge is -2.46. The van der Waals surface area contributed by atoms with Crippen LogP contribution >= 0.6 is 0 Å². The van der Waals surface area contributed by atoms with Gasteiger partial charge in [0.25, 0.3) is 5.91 Å². The van der Waals surface area contributed by atoms with Crippen LogP contribution in [0.3, 0.4) is 0 Å². The van der Waals surface area contributed by atoms with Gasteiger partial charge in [-0.2, -0.15) is 5.26 Å². The lowest BCUT2D eigenvalue weighted by molar-refractivity contribution is -0.139. The predicted molar refractivity (Wildman–Crippen MR) is 115 cm³/mol. The number of nitrogens with two attached hydrogens (primary N) is 1. The van der Waals surface area contributed by atoms with Gasteiger partial charge in [-0.1, -0.05) is 12.1 Å². The van der Waals surface area contributed by atoms with Crippen LogP contribution in [0.25, 0.3) is 11.1 Å². The first kappa shape index (κ1) is 19.6. The molecule has 2 spiro atoms. The molecule has 0 radical (unpaired) electrons. The summed E-state index contributed by atoms with van der Waals surface area (Å²) >= 11 is 0. The number of hydrogen-bond acceptors (Lipinski definition) is 6. The standard InChI is InChI=1S/C24H24N4O3/c1-15-4-5-16(12-25)10-18(15)17-6-7-20-19(11-17)24(21(29)28(2)22(26)27-24)13-23(31-20)8-3-9-30-14-23/h4-7,10-11H,3,8-9,13-14H2,1-2H3,(H2,26,27)/t23-,24-/m0/s1. The molecule has 5 rings (SSSR count). The molecule has 31 heavy (non-hydrogen) atoms. The molecule has 2 aromatic rings. The van der Waals surface area contributed by atoms with Gasteiger partial charge in [-0.05, 0) is 60.7 Å². The Morgan fingerprint density at radius 3 is 2.77 bits per heavy atom. The topological polar surface area (TPSA) is 101 Å². The largest absolute Gasteiger partial charge is 0.484 e. The van der Waals surface area contributed by atoms with E-state index in [1.807, 2.05) is 37.3 Å². The molecule has 0 unspecified atom stereocenters. The van der Waals surface area contributed by atoms with Crippen LogP contribution in [0.15, 0.2) is 41.4 Å². The molecule has 158 valence electrons.